The van der Waals surface area contributed by atoms with E-state index in [0.717, 1.165) is 21.6 Å². The molecule has 1 heterocycles. The maximum atomic E-state index is 13.4. The number of thiazole rings is 1. The monoisotopic (exact) mass is 287 g/mol. The van der Waals surface area contributed by atoms with Crippen molar-refractivity contribution in [3.05, 3.63) is 47.7 Å². The Labute approximate surface area is 120 Å². The second-order valence-electron chi connectivity index (χ2n) is 4.42. The largest absolute Gasteiger partial charge is 0.395 e. The molecule has 0 radical (unpaired) electrons. The lowest BCUT2D eigenvalue weighted by atomic mass is 10.2. The van der Waals surface area contributed by atoms with Crippen LogP contribution in [0.5, 0.6) is 0 Å². The molecule has 0 aliphatic carbocycles. The standard InChI is InChI=1S/C15H14FN3S/c1-2-19(11-5-3-4-10(16)8-11)12-6-7-13-15(14(12)17)18-9-20-13/h3-9H,2,17H2,1H3. The molecule has 0 amide bonds. The zero-order valence-electron chi connectivity index (χ0n) is 11.0. The summed E-state index contributed by atoms with van der Waals surface area (Å²) in [6, 6.07) is 10.5. The van der Waals surface area contributed by atoms with Crippen LogP contribution in [0.4, 0.5) is 21.5 Å². The van der Waals surface area contributed by atoms with Gasteiger partial charge in [-0.1, -0.05) is 6.07 Å². The molecule has 5 heteroatoms. The Kier molecular flexibility index (Phi) is 3.28. The van der Waals surface area contributed by atoms with Gasteiger partial charge in [-0.15, -0.1) is 11.3 Å². The molecule has 0 aliphatic rings. The zero-order chi connectivity index (χ0) is 14.1. The van der Waals surface area contributed by atoms with Gasteiger partial charge < -0.3 is 10.6 Å². The van der Waals surface area contributed by atoms with E-state index >= 15 is 0 Å². The fraction of sp³-hybridized carbons (Fsp3) is 0.133. The van der Waals surface area contributed by atoms with Crippen molar-refractivity contribution in [2.24, 2.45) is 0 Å². The van der Waals surface area contributed by atoms with Gasteiger partial charge in [0.1, 0.15) is 11.3 Å². The highest BCUT2D eigenvalue weighted by atomic mass is 32.1. The molecule has 0 spiro atoms. The Morgan fingerprint density at radius 1 is 1.30 bits per heavy atom. The molecule has 0 atom stereocenters. The maximum Gasteiger partial charge on any atom is 0.125 e. The molecule has 0 aliphatic heterocycles. The van der Waals surface area contributed by atoms with Crippen molar-refractivity contribution < 1.29 is 4.39 Å². The first-order valence-electron chi connectivity index (χ1n) is 6.35. The van der Waals surface area contributed by atoms with E-state index in [1.807, 2.05) is 30.0 Å². The minimum Gasteiger partial charge on any atom is -0.395 e. The lowest BCUT2D eigenvalue weighted by Crippen LogP contribution is -2.17. The van der Waals surface area contributed by atoms with Crippen LogP contribution in [0.15, 0.2) is 41.9 Å². The van der Waals surface area contributed by atoms with Crippen LogP contribution in [0.25, 0.3) is 10.2 Å². The molecule has 20 heavy (non-hydrogen) atoms. The Balaban J connectivity index is 2.13. The normalized spacial score (nSPS) is 10.9. The van der Waals surface area contributed by atoms with E-state index in [4.69, 9.17) is 5.73 Å². The summed E-state index contributed by atoms with van der Waals surface area (Å²) in [6.07, 6.45) is 0. The first-order valence-corrected chi connectivity index (χ1v) is 7.23. The summed E-state index contributed by atoms with van der Waals surface area (Å²) in [5.41, 5.74) is 11.1. The Bertz CT molecular complexity index is 754. The van der Waals surface area contributed by atoms with Gasteiger partial charge >= 0.3 is 0 Å². The minimum atomic E-state index is -0.255. The number of nitrogens with zero attached hydrogens (tertiary/aromatic N) is 2. The molecule has 2 aromatic carbocycles. The van der Waals surface area contributed by atoms with Crippen molar-refractivity contribution in [1.82, 2.24) is 4.98 Å². The predicted octanol–water partition coefficient (Wildman–Crippen LogP) is 4.18. The second-order valence-corrected chi connectivity index (χ2v) is 5.31. The van der Waals surface area contributed by atoms with Crippen LogP contribution in [0.2, 0.25) is 0 Å². The third kappa shape index (κ3) is 2.10. The van der Waals surface area contributed by atoms with Gasteiger partial charge in [0.05, 0.1) is 21.6 Å². The molecule has 3 rings (SSSR count). The fourth-order valence-corrected chi connectivity index (χ4v) is 3.01. The lowest BCUT2D eigenvalue weighted by molar-refractivity contribution is 0.627. The van der Waals surface area contributed by atoms with Crippen molar-refractivity contribution in [3.63, 3.8) is 0 Å². The van der Waals surface area contributed by atoms with Gasteiger partial charge in [0, 0.05) is 12.2 Å². The molecule has 0 saturated heterocycles. The summed E-state index contributed by atoms with van der Waals surface area (Å²) < 4.78 is 14.5. The number of benzene rings is 2. The van der Waals surface area contributed by atoms with Crippen molar-refractivity contribution >= 4 is 38.6 Å². The molecule has 0 fully saturated rings. The summed E-state index contributed by atoms with van der Waals surface area (Å²) in [5, 5.41) is 0. The quantitative estimate of drug-likeness (QED) is 0.735. The van der Waals surface area contributed by atoms with Gasteiger partial charge in [-0.2, -0.15) is 0 Å². The molecular weight excluding hydrogens is 273 g/mol. The van der Waals surface area contributed by atoms with Crippen molar-refractivity contribution in [1.29, 1.82) is 0 Å². The zero-order valence-corrected chi connectivity index (χ0v) is 11.8. The van der Waals surface area contributed by atoms with E-state index < -0.39 is 0 Å². The van der Waals surface area contributed by atoms with Gasteiger partial charge in [0.15, 0.2) is 0 Å². The van der Waals surface area contributed by atoms with E-state index in [9.17, 15) is 4.39 Å². The number of nitrogens with two attached hydrogens (primary N) is 1. The third-order valence-corrected chi connectivity index (χ3v) is 4.04. The molecule has 0 bridgehead atoms. The predicted molar refractivity (Wildman–Crippen MR) is 83.1 cm³/mol. The van der Waals surface area contributed by atoms with Crippen molar-refractivity contribution in [2.45, 2.75) is 6.92 Å². The molecule has 102 valence electrons. The van der Waals surface area contributed by atoms with Gasteiger partial charge in [0.25, 0.3) is 0 Å². The average molecular weight is 287 g/mol. The van der Waals surface area contributed by atoms with Crippen LogP contribution in [0.1, 0.15) is 6.92 Å². The number of rotatable bonds is 3. The van der Waals surface area contributed by atoms with Gasteiger partial charge in [0.2, 0.25) is 0 Å². The molecule has 3 aromatic rings. The fourth-order valence-electron chi connectivity index (χ4n) is 2.31. The Hall–Kier alpha value is -2.14. The summed E-state index contributed by atoms with van der Waals surface area (Å²) in [6.45, 7) is 2.71. The number of fused-ring (bicyclic) bond motifs is 1. The minimum absolute atomic E-state index is 0.255. The van der Waals surface area contributed by atoms with E-state index in [1.165, 1.54) is 12.1 Å². The molecular formula is C15H14FN3S. The van der Waals surface area contributed by atoms with E-state index in [0.29, 0.717) is 12.2 Å². The molecule has 0 saturated carbocycles. The average Bonchev–Trinajstić information content (AvgIpc) is 2.91. The van der Waals surface area contributed by atoms with Gasteiger partial charge in [-0.05, 0) is 37.3 Å². The smallest absolute Gasteiger partial charge is 0.125 e. The van der Waals surface area contributed by atoms with Crippen LogP contribution in [-0.2, 0) is 0 Å². The lowest BCUT2D eigenvalue weighted by Gasteiger charge is -2.24. The van der Waals surface area contributed by atoms with Crippen molar-refractivity contribution in [3.8, 4) is 0 Å². The van der Waals surface area contributed by atoms with Crippen LogP contribution in [-0.4, -0.2) is 11.5 Å². The second kappa shape index (κ2) is 5.09. The number of hydrogen-bond donors (Lipinski definition) is 1. The molecule has 0 unspecified atom stereocenters. The molecule has 2 N–H and O–H groups in total. The van der Waals surface area contributed by atoms with E-state index in [1.54, 1.807) is 22.9 Å². The Morgan fingerprint density at radius 2 is 2.15 bits per heavy atom. The van der Waals surface area contributed by atoms with Crippen LogP contribution >= 0.6 is 11.3 Å². The molecule has 3 nitrogen and oxygen atoms in total. The van der Waals surface area contributed by atoms with Crippen LogP contribution in [0, 0.1) is 5.82 Å². The SMILES string of the molecule is CCN(c1cccc(F)c1)c1ccc2scnc2c1N. The number of hydrogen-bond acceptors (Lipinski definition) is 4. The number of halogens is 1. The summed E-state index contributed by atoms with van der Waals surface area (Å²) >= 11 is 1.56. The van der Waals surface area contributed by atoms with Gasteiger partial charge in [-0.3, -0.25) is 0 Å². The summed E-state index contributed by atoms with van der Waals surface area (Å²) in [4.78, 5) is 6.28. The van der Waals surface area contributed by atoms with Crippen LogP contribution in [0.3, 0.4) is 0 Å². The van der Waals surface area contributed by atoms with E-state index in [2.05, 4.69) is 4.98 Å². The number of anilines is 3. The number of aromatic nitrogens is 1. The summed E-state index contributed by atoms with van der Waals surface area (Å²) in [5.74, 6) is -0.255. The highest BCUT2D eigenvalue weighted by molar-refractivity contribution is 7.16. The van der Waals surface area contributed by atoms with E-state index in [-0.39, 0.29) is 5.82 Å². The summed E-state index contributed by atoms with van der Waals surface area (Å²) in [7, 11) is 0. The first kappa shape index (κ1) is 12.9. The van der Waals surface area contributed by atoms with Crippen LogP contribution < -0.4 is 10.6 Å². The Morgan fingerprint density at radius 3 is 2.90 bits per heavy atom. The topological polar surface area (TPSA) is 42.2 Å². The number of nitrogen functional groups attached to an aromatic ring is 1. The first-order chi connectivity index (χ1) is 9.70. The third-order valence-electron chi connectivity index (χ3n) is 3.25. The van der Waals surface area contributed by atoms with Crippen molar-refractivity contribution in [2.75, 3.05) is 17.2 Å². The highest BCUT2D eigenvalue weighted by Gasteiger charge is 2.14. The van der Waals surface area contributed by atoms with Gasteiger partial charge in [-0.25, -0.2) is 9.37 Å². The highest BCUT2D eigenvalue weighted by Crippen LogP contribution is 2.36. The maximum absolute atomic E-state index is 13.4. The molecule has 1 aromatic heterocycles.